The summed E-state index contributed by atoms with van der Waals surface area (Å²) in [6.45, 7) is 3.21. The number of nitrogens with one attached hydrogen (secondary N) is 2. The average Bonchev–Trinajstić information content (AvgIpc) is 2.90. The molecule has 0 aromatic carbocycles. The molecule has 0 saturated heterocycles. The second-order valence-corrected chi connectivity index (χ2v) is 6.75. The summed E-state index contributed by atoms with van der Waals surface area (Å²) in [5, 5.41) is 25.6. The fourth-order valence-electron chi connectivity index (χ4n) is 1.84. The molecule has 1 aromatic heterocycles. The van der Waals surface area contributed by atoms with E-state index in [1.54, 1.807) is 18.7 Å². The highest BCUT2D eigenvalue weighted by Crippen LogP contribution is 2.15. The molecule has 1 rings (SSSR count). The first-order valence-electron chi connectivity index (χ1n) is 7.68. The van der Waals surface area contributed by atoms with E-state index in [0.29, 0.717) is 12.4 Å². The maximum Gasteiger partial charge on any atom is 0.274 e. The van der Waals surface area contributed by atoms with Gasteiger partial charge >= 0.3 is 0 Å². The Morgan fingerprint density at radius 3 is 2.72 bits per heavy atom. The number of hydrogen-bond acceptors (Lipinski definition) is 8. The Hall–Kier alpha value is -1.42. The monoisotopic (exact) mass is 394 g/mol. The zero-order valence-corrected chi connectivity index (χ0v) is 16.4. The second kappa shape index (κ2) is 12.9. The molecule has 0 aliphatic carbocycles. The predicted octanol–water partition coefficient (Wildman–Crippen LogP) is 1.63. The number of thioether (sulfide) groups is 1. The van der Waals surface area contributed by atoms with Gasteiger partial charge in [0.25, 0.3) is 6.20 Å². The van der Waals surface area contributed by atoms with Crippen LogP contribution in [0.5, 0.6) is 0 Å². The van der Waals surface area contributed by atoms with Gasteiger partial charge < -0.3 is 25.1 Å². The molecular weight excluding hydrogens is 368 g/mol. The highest BCUT2D eigenvalue weighted by molar-refractivity contribution is 7.98. The first-order chi connectivity index (χ1) is 11.4. The van der Waals surface area contributed by atoms with Gasteiger partial charge in [-0.2, -0.15) is 11.8 Å². The summed E-state index contributed by atoms with van der Waals surface area (Å²) in [7, 11) is 3.98. The van der Waals surface area contributed by atoms with E-state index in [4.69, 9.17) is 4.42 Å². The van der Waals surface area contributed by atoms with E-state index >= 15 is 0 Å². The first-order valence-corrected chi connectivity index (χ1v) is 8.83. The molecule has 0 fully saturated rings. The van der Waals surface area contributed by atoms with Gasteiger partial charge in [0.15, 0.2) is 5.82 Å². The van der Waals surface area contributed by atoms with Crippen molar-refractivity contribution in [3.63, 3.8) is 0 Å². The van der Waals surface area contributed by atoms with E-state index in [9.17, 15) is 15.2 Å². The molecule has 0 saturated carbocycles. The molecule has 10 heteroatoms. The van der Waals surface area contributed by atoms with Gasteiger partial charge in [-0.25, -0.2) is 0 Å². The number of nitro groups is 1. The molecule has 0 aliphatic heterocycles. The molecule has 1 unspecified atom stereocenters. The summed E-state index contributed by atoms with van der Waals surface area (Å²) >= 11 is 1.68. The molecule has 0 spiro atoms. The molecule has 0 aliphatic rings. The van der Waals surface area contributed by atoms with Crippen molar-refractivity contribution in [2.45, 2.75) is 25.3 Å². The van der Waals surface area contributed by atoms with Crippen LogP contribution in [-0.2, 0) is 12.3 Å². The highest BCUT2D eigenvalue weighted by Gasteiger charge is 2.05. The molecule has 144 valence electrons. The Labute approximate surface area is 158 Å². The molecule has 1 atom stereocenters. The number of nitrogens with zero attached hydrogens (tertiary/aromatic N) is 2. The van der Waals surface area contributed by atoms with Crippen LogP contribution in [0.4, 0.5) is 0 Å². The summed E-state index contributed by atoms with van der Waals surface area (Å²) in [6.07, 6.45) is 0.291. The molecule has 0 amide bonds. The van der Waals surface area contributed by atoms with Gasteiger partial charge in [-0.15, -0.1) is 12.4 Å². The summed E-state index contributed by atoms with van der Waals surface area (Å²) < 4.78 is 5.72. The normalized spacial score (nSPS) is 12.6. The molecule has 1 aromatic rings. The molecule has 0 radical (unpaired) electrons. The van der Waals surface area contributed by atoms with Gasteiger partial charge in [0.2, 0.25) is 0 Å². The Morgan fingerprint density at radius 2 is 2.12 bits per heavy atom. The van der Waals surface area contributed by atoms with Crippen molar-refractivity contribution in [2.75, 3.05) is 32.9 Å². The van der Waals surface area contributed by atoms with E-state index < -0.39 is 11.0 Å². The van der Waals surface area contributed by atoms with Crippen molar-refractivity contribution in [2.24, 2.45) is 0 Å². The van der Waals surface area contributed by atoms with Gasteiger partial charge in [-0.1, -0.05) is 0 Å². The molecule has 8 nitrogen and oxygen atoms in total. The quantitative estimate of drug-likeness (QED) is 0.279. The fourth-order valence-corrected chi connectivity index (χ4v) is 2.59. The van der Waals surface area contributed by atoms with Crippen LogP contribution >= 0.6 is 24.2 Å². The van der Waals surface area contributed by atoms with Crippen molar-refractivity contribution in [1.29, 1.82) is 0 Å². The third-order valence-corrected chi connectivity index (χ3v) is 3.80. The average molecular weight is 395 g/mol. The van der Waals surface area contributed by atoms with Gasteiger partial charge in [0.1, 0.15) is 11.5 Å². The lowest BCUT2D eigenvalue weighted by molar-refractivity contribution is -0.404. The Balaban J connectivity index is 0.00000576. The van der Waals surface area contributed by atoms with Crippen LogP contribution in [0.2, 0.25) is 0 Å². The van der Waals surface area contributed by atoms with E-state index in [0.717, 1.165) is 35.8 Å². The van der Waals surface area contributed by atoms with Gasteiger partial charge in [0, 0.05) is 18.8 Å². The van der Waals surface area contributed by atoms with Crippen molar-refractivity contribution in [3.8, 4) is 0 Å². The van der Waals surface area contributed by atoms with Gasteiger partial charge in [-0.3, -0.25) is 10.1 Å². The standard InChI is InChI=1S/C15H26N4O4S.ClH/c1-12(20)8-17-15(10-19(21)22)16-6-7-24-11-14-5-4-13(23-14)9-18(2)3;/h4-5,10,12,16-17,20H,6-9,11H2,1-3H3;1H. The molecule has 3 N–H and O–H groups in total. The molecule has 1 heterocycles. The van der Waals surface area contributed by atoms with E-state index in [-0.39, 0.29) is 19.0 Å². The van der Waals surface area contributed by atoms with Crippen LogP contribution in [0.25, 0.3) is 0 Å². The number of aliphatic hydroxyl groups excluding tert-OH is 1. The minimum absolute atomic E-state index is 0. The molecule has 25 heavy (non-hydrogen) atoms. The zero-order valence-electron chi connectivity index (χ0n) is 14.7. The number of hydrogen-bond donors (Lipinski definition) is 3. The number of aliphatic hydroxyl groups is 1. The van der Waals surface area contributed by atoms with E-state index in [2.05, 4.69) is 10.6 Å². The van der Waals surface area contributed by atoms with Crippen molar-refractivity contribution >= 4 is 24.2 Å². The Kier molecular flexibility index (Phi) is 12.1. The Bertz CT molecular complexity index is 537. The third kappa shape index (κ3) is 11.7. The van der Waals surface area contributed by atoms with Crippen LogP contribution in [-0.4, -0.2) is 54.0 Å². The maximum absolute atomic E-state index is 10.6. The number of furan rings is 1. The third-order valence-electron chi connectivity index (χ3n) is 2.82. The first kappa shape index (κ1) is 23.6. The van der Waals surface area contributed by atoms with Crippen LogP contribution < -0.4 is 10.6 Å². The van der Waals surface area contributed by atoms with E-state index in [1.807, 2.05) is 31.1 Å². The largest absolute Gasteiger partial charge is 0.464 e. The lowest BCUT2D eigenvalue weighted by Gasteiger charge is -2.12. The van der Waals surface area contributed by atoms with E-state index in [1.165, 1.54) is 0 Å². The minimum atomic E-state index is -0.577. The van der Waals surface area contributed by atoms with Crippen LogP contribution in [0.1, 0.15) is 18.4 Å². The summed E-state index contributed by atoms with van der Waals surface area (Å²) in [6, 6.07) is 3.95. The molecular formula is C15H27ClN4O4S. The summed E-state index contributed by atoms with van der Waals surface area (Å²) in [5.74, 6) is 3.68. The smallest absolute Gasteiger partial charge is 0.274 e. The van der Waals surface area contributed by atoms with Crippen LogP contribution in [0.15, 0.2) is 28.6 Å². The minimum Gasteiger partial charge on any atom is -0.464 e. The molecule has 0 bridgehead atoms. The SMILES string of the molecule is CC(O)CNC(=C[N+](=O)[O-])NCCSCc1ccc(CN(C)C)o1.Cl. The number of halogens is 1. The van der Waals surface area contributed by atoms with Crippen molar-refractivity contribution in [1.82, 2.24) is 15.5 Å². The maximum atomic E-state index is 10.6. The number of rotatable bonds is 12. The van der Waals surface area contributed by atoms with Crippen LogP contribution in [0, 0.1) is 10.1 Å². The van der Waals surface area contributed by atoms with Crippen molar-refractivity contribution < 1.29 is 14.4 Å². The fraction of sp³-hybridized carbons (Fsp3) is 0.600. The lowest BCUT2D eigenvalue weighted by atomic mass is 10.4. The van der Waals surface area contributed by atoms with Gasteiger partial charge in [0.05, 0.1) is 23.3 Å². The Morgan fingerprint density at radius 1 is 1.44 bits per heavy atom. The zero-order chi connectivity index (χ0) is 17.9. The van der Waals surface area contributed by atoms with Crippen LogP contribution in [0.3, 0.4) is 0 Å². The predicted molar refractivity (Wildman–Crippen MR) is 102 cm³/mol. The topological polar surface area (TPSA) is 104 Å². The lowest BCUT2D eigenvalue weighted by Crippen LogP contribution is -2.33. The summed E-state index contributed by atoms with van der Waals surface area (Å²) in [5.41, 5.74) is 0. The highest BCUT2D eigenvalue weighted by atomic mass is 35.5. The second-order valence-electron chi connectivity index (χ2n) is 5.64. The van der Waals surface area contributed by atoms with Crippen molar-refractivity contribution in [3.05, 3.63) is 45.8 Å². The summed E-state index contributed by atoms with van der Waals surface area (Å²) in [4.78, 5) is 12.1. The van der Waals surface area contributed by atoms with Gasteiger partial charge in [-0.05, 0) is 33.2 Å².